The maximum Gasteiger partial charge on any atom is 0.310 e. The van der Waals surface area contributed by atoms with Crippen molar-refractivity contribution < 1.29 is 18.7 Å². The normalized spacial score (nSPS) is 21.4. The van der Waals surface area contributed by atoms with Crippen LogP contribution in [-0.4, -0.2) is 11.8 Å². The number of rotatable bonds is 4. The number of fused-ring (bicyclic) bond motifs is 3. The lowest BCUT2D eigenvalue weighted by Gasteiger charge is -2.19. The summed E-state index contributed by atoms with van der Waals surface area (Å²) in [6.07, 6.45) is -0.398. The lowest BCUT2D eigenvalue weighted by Crippen LogP contribution is -2.19. The number of cyclic esters (lactones) is 1. The smallest absolute Gasteiger partial charge is 0.310 e. The third kappa shape index (κ3) is 4.23. The summed E-state index contributed by atoms with van der Waals surface area (Å²) in [5.41, 5.74) is 4.61. The molecule has 0 unspecified atom stereocenters. The molecular formula is C33H23FO3. The van der Waals surface area contributed by atoms with Gasteiger partial charge in [0, 0.05) is 40.5 Å². The third-order valence-corrected chi connectivity index (χ3v) is 7.35. The van der Waals surface area contributed by atoms with E-state index in [0.717, 1.165) is 16.7 Å². The first kappa shape index (κ1) is 22.9. The van der Waals surface area contributed by atoms with E-state index in [-0.39, 0.29) is 30.0 Å². The molecule has 0 aromatic heterocycles. The highest BCUT2D eigenvalue weighted by molar-refractivity contribution is 5.97. The molecule has 37 heavy (non-hydrogen) atoms. The lowest BCUT2D eigenvalue weighted by molar-refractivity contribution is -0.145. The second-order valence-corrected chi connectivity index (χ2v) is 9.49. The predicted octanol–water partition coefficient (Wildman–Crippen LogP) is 6.59. The zero-order chi connectivity index (χ0) is 25.4. The van der Waals surface area contributed by atoms with Gasteiger partial charge in [0.15, 0.2) is 5.78 Å². The molecule has 3 nitrogen and oxygen atoms in total. The van der Waals surface area contributed by atoms with E-state index in [1.807, 2.05) is 72.8 Å². The molecule has 0 radical (unpaired) electrons. The molecule has 0 bridgehead atoms. The number of carbonyl (C=O) groups is 2. The first-order valence-corrected chi connectivity index (χ1v) is 12.3. The Morgan fingerprint density at radius 2 is 1.43 bits per heavy atom. The number of Topliss-reactive ketones (excluding diaryl/α,β-unsaturated/α-hetero) is 1. The molecule has 4 aromatic rings. The summed E-state index contributed by atoms with van der Waals surface area (Å²) in [7, 11) is 0. The van der Waals surface area contributed by atoms with Crippen molar-refractivity contribution in [1.29, 1.82) is 0 Å². The zero-order valence-electron chi connectivity index (χ0n) is 19.9. The Kier molecular flexibility index (Phi) is 5.90. The largest absolute Gasteiger partial charge is 0.457 e. The van der Waals surface area contributed by atoms with Crippen LogP contribution in [0.15, 0.2) is 103 Å². The molecule has 0 amide bonds. The molecule has 4 aromatic carbocycles. The SMILES string of the molecule is O=C(C[C@H]1c2ccccc2[C@@H]2[C@H]1C(=O)O[C@@H]2c1ccc(F)cc1C#Cc1ccccc1)c1ccccc1. The minimum absolute atomic E-state index is 0.00602. The van der Waals surface area contributed by atoms with E-state index >= 15 is 0 Å². The van der Waals surface area contributed by atoms with Gasteiger partial charge in [0.2, 0.25) is 0 Å². The maximum atomic E-state index is 14.3. The fourth-order valence-electron chi connectivity index (χ4n) is 5.71. The van der Waals surface area contributed by atoms with Crippen molar-refractivity contribution in [1.82, 2.24) is 0 Å². The second kappa shape index (κ2) is 9.52. The van der Waals surface area contributed by atoms with Gasteiger partial charge in [0.05, 0.1) is 5.92 Å². The maximum absolute atomic E-state index is 14.3. The summed E-state index contributed by atoms with van der Waals surface area (Å²) in [4.78, 5) is 26.5. The van der Waals surface area contributed by atoms with Crippen LogP contribution >= 0.6 is 0 Å². The molecule has 0 spiro atoms. The van der Waals surface area contributed by atoms with Crippen LogP contribution in [0.4, 0.5) is 4.39 Å². The summed E-state index contributed by atoms with van der Waals surface area (Å²) >= 11 is 0. The number of ether oxygens (including phenoxy) is 1. The Morgan fingerprint density at radius 3 is 2.19 bits per heavy atom. The zero-order valence-corrected chi connectivity index (χ0v) is 19.9. The van der Waals surface area contributed by atoms with Crippen LogP contribution in [0.2, 0.25) is 0 Å². The van der Waals surface area contributed by atoms with Crippen molar-refractivity contribution in [2.75, 3.05) is 0 Å². The number of halogens is 1. The minimum atomic E-state index is -0.615. The van der Waals surface area contributed by atoms with Gasteiger partial charge in [-0.2, -0.15) is 0 Å². The minimum Gasteiger partial charge on any atom is -0.457 e. The van der Waals surface area contributed by atoms with Crippen LogP contribution < -0.4 is 0 Å². The van der Waals surface area contributed by atoms with Gasteiger partial charge in [-0.3, -0.25) is 9.59 Å². The number of benzene rings is 4. The topological polar surface area (TPSA) is 43.4 Å². The number of hydrogen-bond acceptors (Lipinski definition) is 3. The van der Waals surface area contributed by atoms with Crippen LogP contribution in [-0.2, 0) is 9.53 Å². The second-order valence-electron chi connectivity index (χ2n) is 9.49. The van der Waals surface area contributed by atoms with E-state index in [1.165, 1.54) is 12.1 Å². The van der Waals surface area contributed by atoms with Gasteiger partial charge in [-0.1, -0.05) is 90.7 Å². The van der Waals surface area contributed by atoms with E-state index in [1.54, 1.807) is 18.2 Å². The Hall–Kier alpha value is -4.49. The molecule has 6 rings (SSSR count). The van der Waals surface area contributed by atoms with E-state index < -0.39 is 17.8 Å². The third-order valence-electron chi connectivity index (χ3n) is 7.35. The van der Waals surface area contributed by atoms with E-state index in [9.17, 15) is 14.0 Å². The molecule has 1 aliphatic heterocycles. The first-order valence-electron chi connectivity index (χ1n) is 12.3. The molecule has 180 valence electrons. The standard InChI is InChI=1S/C33H23FO3/c34-24-17-18-25(23(19-24)16-15-21-9-3-1-4-10-21)32-30-27-14-8-7-13-26(27)28(31(30)33(36)37-32)20-29(35)22-11-5-2-6-12-22/h1-14,17-19,28,30-32H,20H2/t28-,30+,31-,32+/m0/s1. The van der Waals surface area contributed by atoms with Crippen LogP contribution in [0.1, 0.15) is 62.5 Å². The average Bonchev–Trinajstić information content (AvgIpc) is 3.44. The van der Waals surface area contributed by atoms with Crippen molar-refractivity contribution in [2.24, 2.45) is 5.92 Å². The highest BCUT2D eigenvalue weighted by Crippen LogP contribution is 2.59. The fraction of sp³-hybridized carbons (Fsp3) is 0.152. The summed E-state index contributed by atoms with van der Waals surface area (Å²) in [6.45, 7) is 0. The Balaban J connectivity index is 1.39. The van der Waals surface area contributed by atoms with Crippen molar-refractivity contribution in [3.63, 3.8) is 0 Å². The fourth-order valence-corrected chi connectivity index (χ4v) is 5.71. The Labute approximate surface area is 214 Å². The number of ketones is 1. The molecule has 4 atom stereocenters. The van der Waals surface area contributed by atoms with Gasteiger partial charge in [-0.15, -0.1) is 0 Å². The van der Waals surface area contributed by atoms with E-state index in [2.05, 4.69) is 11.8 Å². The molecule has 0 N–H and O–H groups in total. The summed E-state index contributed by atoms with van der Waals surface area (Å²) in [5, 5.41) is 0. The molecule has 1 fully saturated rings. The van der Waals surface area contributed by atoms with Crippen molar-refractivity contribution >= 4 is 11.8 Å². The molecule has 0 saturated carbocycles. The van der Waals surface area contributed by atoms with Gasteiger partial charge < -0.3 is 4.74 Å². The molecule has 2 aliphatic rings. The number of hydrogen-bond donors (Lipinski definition) is 0. The Morgan fingerprint density at radius 1 is 0.757 bits per heavy atom. The number of esters is 1. The molecule has 1 heterocycles. The van der Waals surface area contributed by atoms with Crippen molar-refractivity contribution in [3.8, 4) is 11.8 Å². The van der Waals surface area contributed by atoms with Crippen LogP contribution in [0.3, 0.4) is 0 Å². The Bertz CT molecular complexity index is 1550. The van der Waals surface area contributed by atoms with Gasteiger partial charge in [-0.05, 0) is 35.4 Å². The van der Waals surface area contributed by atoms with Gasteiger partial charge in [0.25, 0.3) is 0 Å². The number of carbonyl (C=O) groups excluding carboxylic acids is 2. The van der Waals surface area contributed by atoms with Gasteiger partial charge in [-0.25, -0.2) is 4.39 Å². The van der Waals surface area contributed by atoms with Crippen molar-refractivity contribution in [2.45, 2.75) is 24.4 Å². The lowest BCUT2D eigenvalue weighted by atomic mass is 9.81. The molecule has 1 saturated heterocycles. The van der Waals surface area contributed by atoms with Crippen LogP contribution in [0, 0.1) is 23.6 Å². The van der Waals surface area contributed by atoms with E-state index in [4.69, 9.17) is 4.74 Å². The van der Waals surface area contributed by atoms with Gasteiger partial charge in [0.1, 0.15) is 11.9 Å². The summed E-state index contributed by atoms with van der Waals surface area (Å²) < 4.78 is 20.3. The van der Waals surface area contributed by atoms with Crippen LogP contribution in [0.25, 0.3) is 0 Å². The molecule has 1 aliphatic carbocycles. The van der Waals surface area contributed by atoms with Crippen molar-refractivity contribution in [3.05, 3.63) is 142 Å². The van der Waals surface area contributed by atoms with E-state index in [0.29, 0.717) is 16.7 Å². The first-order chi connectivity index (χ1) is 18.1. The summed E-state index contributed by atoms with van der Waals surface area (Å²) in [6, 6.07) is 30.9. The highest BCUT2D eigenvalue weighted by atomic mass is 19.1. The molecule has 4 heteroatoms. The monoisotopic (exact) mass is 486 g/mol. The molecular weight excluding hydrogens is 463 g/mol. The van der Waals surface area contributed by atoms with Crippen LogP contribution in [0.5, 0.6) is 0 Å². The summed E-state index contributed by atoms with van der Waals surface area (Å²) in [5.74, 6) is 4.40. The van der Waals surface area contributed by atoms with Gasteiger partial charge >= 0.3 is 5.97 Å². The average molecular weight is 487 g/mol. The quantitative estimate of drug-likeness (QED) is 0.186. The predicted molar refractivity (Wildman–Crippen MR) is 138 cm³/mol. The highest BCUT2D eigenvalue weighted by Gasteiger charge is 2.55.